The number of alkyl halides is 4. The Morgan fingerprint density at radius 1 is 1.17 bits per heavy atom. The van der Waals surface area contributed by atoms with Crippen molar-refractivity contribution in [1.29, 1.82) is 0 Å². The second-order valence-electron chi connectivity index (χ2n) is 13.3. The summed E-state index contributed by atoms with van der Waals surface area (Å²) in [5, 5.41) is 14.6. The highest BCUT2D eigenvalue weighted by Crippen LogP contribution is 2.35. The maximum Gasteiger partial charge on any atom is 0.406 e. The van der Waals surface area contributed by atoms with Crippen LogP contribution in [0.3, 0.4) is 0 Å². The summed E-state index contributed by atoms with van der Waals surface area (Å²) in [6.45, 7) is 9.82. The number of nitrogens with zero attached hydrogens (tertiary/aromatic N) is 6. The lowest BCUT2D eigenvalue weighted by Gasteiger charge is -2.42. The summed E-state index contributed by atoms with van der Waals surface area (Å²) in [5.74, 6) is -0.518. The van der Waals surface area contributed by atoms with Crippen molar-refractivity contribution in [3.8, 4) is 11.5 Å². The smallest absolute Gasteiger partial charge is 0.382 e. The van der Waals surface area contributed by atoms with Crippen molar-refractivity contribution in [2.45, 2.75) is 83.6 Å². The predicted molar refractivity (Wildman–Crippen MR) is 164 cm³/mol. The van der Waals surface area contributed by atoms with E-state index < -0.39 is 36.4 Å². The molecule has 0 spiro atoms. The van der Waals surface area contributed by atoms with Gasteiger partial charge in [0.25, 0.3) is 5.91 Å². The van der Waals surface area contributed by atoms with E-state index in [0.717, 1.165) is 4.57 Å². The first-order chi connectivity index (χ1) is 21.6. The van der Waals surface area contributed by atoms with E-state index in [1.54, 1.807) is 42.3 Å². The molecule has 4 heterocycles. The van der Waals surface area contributed by atoms with Crippen molar-refractivity contribution in [2.75, 3.05) is 32.1 Å². The first-order valence-electron chi connectivity index (χ1n) is 15.1. The van der Waals surface area contributed by atoms with E-state index in [9.17, 15) is 18.0 Å². The number of carbonyl (C=O) groups excluding carboxylic acids is 1. The number of piperidine rings is 1. The molecule has 5 rings (SSSR count). The van der Waals surface area contributed by atoms with Crippen LogP contribution in [0.2, 0.25) is 0 Å². The molecule has 11 nitrogen and oxygen atoms in total. The average Bonchev–Trinajstić information content (AvgIpc) is 3.71. The number of halogens is 4. The molecule has 0 saturated carbocycles. The number of methoxy groups -OCH3 is 1. The van der Waals surface area contributed by atoms with Gasteiger partial charge < -0.3 is 24.5 Å². The zero-order chi connectivity index (χ0) is 33.4. The molecular weight excluding hydrogens is 608 g/mol. The molecule has 15 heteroatoms. The lowest BCUT2D eigenvalue weighted by molar-refractivity contribution is -0.139. The number of anilines is 1. The van der Waals surface area contributed by atoms with E-state index in [-0.39, 0.29) is 41.6 Å². The summed E-state index contributed by atoms with van der Waals surface area (Å²) in [4.78, 5) is 19.1. The minimum absolute atomic E-state index is 0.00324. The van der Waals surface area contributed by atoms with Crippen LogP contribution in [0.25, 0.3) is 22.4 Å². The number of amides is 1. The molecule has 1 saturated heterocycles. The SMILES string of the molecule is COCC(C)(C)n1cc(C(=O)NCc2nc(-c3cc4c(N[C@H]5CCN(C(C)(C)C)C[C@H]5F)cccc4n3CC(F)(F)F)no2)cn1. The van der Waals surface area contributed by atoms with Crippen molar-refractivity contribution in [3.05, 3.63) is 48.1 Å². The topological polar surface area (TPSA) is 115 Å². The van der Waals surface area contributed by atoms with Gasteiger partial charge in [-0.2, -0.15) is 23.3 Å². The monoisotopic (exact) mass is 648 g/mol. The van der Waals surface area contributed by atoms with Crippen LogP contribution < -0.4 is 10.6 Å². The quantitative estimate of drug-likeness (QED) is 0.220. The Morgan fingerprint density at radius 2 is 1.93 bits per heavy atom. The fourth-order valence-electron chi connectivity index (χ4n) is 5.70. The summed E-state index contributed by atoms with van der Waals surface area (Å²) >= 11 is 0. The standard InChI is InChI=1S/C31H40F4N8O3/c1-29(2,3)41-11-10-23(21(32)16-41)38-22-8-7-9-24-20(22)12-25(42(24)17-31(33,34)35)27-39-26(46-40-27)14-36-28(44)19-13-37-43(15-19)30(4,5)18-45-6/h7-9,12-13,15,21,23,38H,10-11,14,16-18H2,1-6H3,(H,36,44)/t21-,23+/m1/s1. The summed E-state index contributed by atoms with van der Waals surface area (Å²) < 4.78 is 69.8. The molecule has 1 aliphatic rings. The Kier molecular flexibility index (Phi) is 9.19. The van der Waals surface area contributed by atoms with Gasteiger partial charge in [-0.15, -0.1) is 0 Å². The highest BCUT2D eigenvalue weighted by atomic mass is 19.4. The summed E-state index contributed by atoms with van der Waals surface area (Å²) in [6, 6.07) is 5.97. The Hall–Kier alpha value is -3.98. The fraction of sp³-hybridized carbons (Fsp3) is 0.548. The van der Waals surface area contributed by atoms with E-state index in [2.05, 4.69) is 30.8 Å². The number of nitrogens with one attached hydrogen (secondary N) is 2. The number of benzene rings is 1. The van der Waals surface area contributed by atoms with Crippen LogP contribution in [0, 0.1) is 0 Å². The lowest BCUT2D eigenvalue weighted by Crippen LogP contribution is -2.54. The zero-order valence-corrected chi connectivity index (χ0v) is 26.8. The van der Waals surface area contributed by atoms with Gasteiger partial charge in [-0.25, -0.2) is 4.39 Å². The molecule has 1 aromatic carbocycles. The average molecular weight is 649 g/mol. The van der Waals surface area contributed by atoms with Crippen molar-refractivity contribution in [2.24, 2.45) is 0 Å². The maximum absolute atomic E-state index is 15.3. The van der Waals surface area contributed by atoms with Gasteiger partial charge in [-0.3, -0.25) is 14.4 Å². The van der Waals surface area contributed by atoms with Gasteiger partial charge in [0.1, 0.15) is 12.7 Å². The van der Waals surface area contributed by atoms with Crippen LogP contribution in [0.15, 0.2) is 41.2 Å². The molecule has 1 fully saturated rings. The van der Waals surface area contributed by atoms with Crippen molar-refractivity contribution >= 4 is 22.5 Å². The van der Waals surface area contributed by atoms with E-state index >= 15 is 4.39 Å². The number of ether oxygens (including phenoxy) is 1. The molecule has 2 atom stereocenters. The largest absolute Gasteiger partial charge is 0.406 e. The van der Waals surface area contributed by atoms with Crippen molar-refractivity contribution < 1.29 is 31.6 Å². The van der Waals surface area contributed by atoms with Gasteiger partial charge in [0.15, 0.2) is 0 Å². The molecular formula is C31H40F4N8O3. The highest BCUT2D eigenvalue weighted by molar-refractivity contribution is 5.96. The van der Waals surface area contributed by atoms with Crippen LogP contribution >= 0.6 is 0 Å². The molecule has 1 aliphatic heterocycles. The number of rotatable bonds is 10. The van der Waals surface area contributed by atoms with Crippen LogP contribution in [-0.4, -0.2) is 86.0 Å². The number of fused-ring (bicyclic) bond motifs is 1. The second kappa shape index (κ2) is 12.7. The molecule has 250 valence electrons. The molecule has 0 unspecified atom stereocenters. The number of aromatic nitrogens is 5. The first kappa shape index (κ1) is 33.4. The van der Waals surface area contributed by atoms with E-state index in [4.69, 9.17) is 9.26 Å². The van der Waals surface area contributed by atoms with E-state index in [1.807, 2.05) is 34.6 Å². The normalized spacial score (nSPS) is 18.3. The molecule has 0 radical (unpaired) electrons. The molecule has 46 heavy (non-hydrogen) atoms. The molecule has 3 aromatic heterocycles. The predicted octanol–water partition coefficient (Wildman–Crippen LogP) is 5.38. The number of hydrogen-bond acceptors (Lipinski definition) is 8. The molecule has 0 aliphatic carbocycles. The maximum atomic E-state index is 15.3. The third kappa shape index (κ3) is 7.35. The van der Waals surface area contributed by atoms with Gasteiger partial charge in [-0.05, 0) is 59.2 Å². The minimum atomic E-state index is -4.54. The van der Waals surface area contributed by atoms with Gasteiger partial charge in [0, 0.05) is 43.0 Å². The third-order valence-electron chi connectivity index (χ3n) is 8.17. The summed E-state index contributed by atoms with van der Waals surface area (Å²) in [7, 11) is 1.58. The van der Waals surface area contributed by atoms with Gasteiger partial charge in [-0.1, -0.05) is 11.2 Å². The number of carbonyl (C=O) groups is 1. The number of hydrogen-bond donors (Lipinski definition) is 2. The molecule has 1 amide bonds. The van der Waals surface area contributed by atoms with E-state index in [0.29, 0.717) is 36.2 Å². The Balaban J connectivity index is 1.36. The van der Waals surface area contributed by atoms with Crippen molar-refractivity contribution in [3.63, 3.8) is 0 Å². The van der Waals surface area contributed by atoms with Crippen LogP contribution in [0.4, 0.5) is 23.2 Å². The minimum Gasteiger partial charge on any atom is -0.382 e. The molecule has 0 bridgehead atoms. The summed E-state index contributed by atoms with van der Waals surface area (Å²) in [5.41, 5.74) is 0.527. The fourth-order valence-corrected chi connectivity index (χ4v) is 5.70. The highest BCUT2D eigenvalue weighted by Gasteiger charge is 2.35. The Bertz CT molecular complexity index is 1670. The van der Waals surface area contributed by atoms with Crippen molar-refractivity contribution in [1.82, 2.24) is 34.7 Å². The van der Waals surface area contributed by atoms with Crippen LogP contribution in [-0.2, 0) is 23.4 Å². The Morgan fingerprint density at radius 3 is 2.61 bits per heavy atom. The first-order valence-corrected chi connectivity index (χ1v) is 15.1. The summed E-state index contributed by atoms with van der Waals surface area (Å²) in [6.07, 6.45) is -2.16. The molecule has 4 aromatic rings. The van der Waals surface area contributed by atoms with Gasteiger partial charge in [0.2, 0.25) is 11.7 Å². The zero-order valence-electron chi connectivity index (χ0n) is 26.8. The van der Waals surface area contributed by atoms with E-state index in [1.165, 1.54) is 6.20 Å². The third-order valence-corrected chi connectivity index (χ3v) is 8.17. The number of likely N-dealkylation sites (tertiary alicyclic amines) is 1. The molecule has 2 N–H and O–H groups in total. The van der Waals surface area contributed by atoms with Crippen LogP contribution in [0.5, 0.6) is 0 Å². The Labute approximate surface area is 264 Å². The van der Waals surface area contributed by atoms with Crippen LogP contribution in [0.1, 0.15) is 57.3 Å². The second-order valence-corrected chi connectivity index (χ2v) is 13.3. The van der Waals surface area contributed by atoms with Gasteiger partial charge in [0.05, 0.1) is 47.7 Å². The lowest BCUT2D eigenvalue weighted by atomic mass is 9.96. The van der Waals surface area contributed by atoms with Gasteiger partial charge >= 0.3 is 6.18 Å².